The smallest absolute Gasteiger partial charge is 0.254 e. The molecule has 1 saturated heterocycles. The third-order valence-electron chi connectivity index (χ3n) is 6.72. The van der Waals surface area contributed by atoms with E-state index < -0.39 is 0 Å². The van der Waals surface area contributed by atoms with Crippen molar-refractivity contribution in [2.24, 2.45) is 5.73 Å². The lowest BCUT2D eigenvalue weighted by Crippen LogP contribution is -2.57. The zero-order valence-electron chi connectivity index (χ0n) is 20.2. The number of nitrogens with zero attached hydrogens (tertiary/aromatic N) is 2. The van der Waals surface area contributed by atoms with E-state index in [9.17, 15) is 4.79 Å². The van der Waals surface area contributed by atoms with Gasteiger partial charge in [0, 0.05) is 55.3 Å². The highest BCUT2D eigenvalue weighted by Gasteiger charge is 2.30. The number of hydrogen-bond donors (Lipinski definition) is 1. The second-order valence-electron chi connectivity index (χ2n) is 9.33. The summed E-state index contributed by atoms with van der Waals surface area (Å²) in [5.41, 5.74) is 8.73. The Balaban J connectivity index is 1.36. The van der Waals surface area contributed by atoms with E-state index in [0.29, 0.717) is 6.04 Å². The van der Waals surface area contributed by atoms with Crippen LogP contribution in [-0.2, 0) is 5.75 Å². The summed E-state index contributed by atoms with van der Waals surface area (Å²) >= 11 is 1.91. The van der Waals surface area contributed by atoms with Crippen LogP contribution in [0.25, 0.3) is 10.8 Å². The summed E-state index contributed by atoms with van der Waals surface area (Å²) < 4.78 is 0. The van der Waals surface area contributed by atoms with Gasteiger partial charge in [0.25, 0.3) is 5.91 Å². The Kier molecular flexibility index (Phi) is 9.03. The van der Waals surface area contributed by atoms with Crippen LogP contribution in [0.2, 0.25) is 0 Å². The molecular formula is C29H37N3OS. The van der Waals surface area contributed by atoms with Gasteiger partial charge >= 0.3 is 0 Å². The number of unbranched alkanes of at least 4 members (excludes halogenated alkanes) is 1. The standard InChI is InChI=1S/C29H37N3OS/c1-2-3-14-26-20-32(29(33)28-16-9-13-24-12-7-8-15-27(24)28)18-17-31(26)19-25(30)22-34-21-23-10-5-4-6-11-23/h4-13,15-16,25-26H,2-3,14,17-22,30H2,1H3/t25-,26?/m1/s1. The summed E-state index contributed by atoms with van der Waals surface area (Å²) in [4.78, 5) is 18.1. The fourth-order valence-corrected chi connectivity index (χ4v) is 5.82. The van der Waals surface area contributed by atoms with Crippen LogP contribution in [0.3, 0.4) is 0 Å². The van der Waals surface area contributed by atoms with Crippen LogP contribution in [0.15, 0.2) is 72.8 Å². The highest BCUT2D eigenvalue weighted by Crippen LogP contribution is 2.23. The van der Waals surface area contributed by atoms with E-state index in [1.165, 1.54) is 18.4 Å². The lowest BCUT2D eigenvalue weighted by molar-refractivity contribution is 0.0450. The van der Waals surface area contributed by atoms with Crippen molar-refractivity contribution in [3.63, 3.8) is 0 Å². The first kappa shape index (κ1) is 24.8. The molecule has 1 amide bonds. The zero-order chi connectivity index (χ0) is 23.8. The maximum Gasteiger partial charge on any atom is 0.254 e. The molecule has 1 unspecified atom stereocenters. The summed E-state index contributed by atoms with van der Waals surface area (Å²) in [6.45, 7) is 5.56. The van der Waals surface area contributed by atoms with Crippen molar-refractivity contribution < 1.29 is 4.79 Å². The Labute approximate surface area is 208 Å². The number of carbonyl (C=O) groups is 1. The fourth-order valence-electron chi connectivity index (χ4n) is 4.87. The number of carbonyl (C=O) groups excluding carboxylic acids is 1. The molecule has 1 aliphatic heterocycles. The first-order chi connectivity index (χ1) is 16.7. The van der Waals surface area contributed by atoms with E-state index in [-0.39, 0.29) is 11.9 Å². The molecular weight excluding hydrogens is 438 g/mol. The number of hydrogen-bond acceptors (Lipinski definition) is 4. The SMILES string of the molecule is CCCCC1CN(C(=O)c2cccc3ccccc23)CCN1C[C@@H](N)CSCc1ccccc1. The molecule has 0 saturated carbocycles. The molecule has 3 aromatic carbocycles. The number of rotatable bonds is 10. The average Bonchev–Trinajstić information content (AvgIpc) is 2.88. The van der Waals surface area contributed by atoms with Gasteiger partial charge in [0.2, 0.25) is 0 Å². The first-order valence-corrected chi connectivity index (χ1v) is 13.7. The van der Waals surface area contributed by atoms with Crippen molar-refractivity contribution in [3.8, 4) is 0 Å². The molecule has 0 spiro atoms. The summed E-state index contributed by atoms with van der Waals surface area (Å²) in [6.07, 6.45) is 3.45. The number of piperazine rings is 1. The van der Waals surface area contributed by atoms with E-state index in [0.717, 1.165) is 60.4 Å². The van der Waals surface area contributed by atoms with E-state index in [2.05, 4.69) is 65.3 Å². The minimum atomic E-state index is 0.137. The zero-order valence-corrected chi connectivity index (χ0v) is 21.1. The molecule has 180 valence electrons. The Hall–Kier alpha value is -2.34. The van der Waals surface area contributed by atoms with Gasteiger partial charge in [-0.05, 0) is 28.8 Å². The number of benzene rings is 3. The van der Waals surface area contributed by atoms with Crippen molar-refractivity contribution >= 4 is 28.4 Å². The molecule has 5 heteroatoms. The molecule has 4 nitrogen and oxygen atoms in total. The average molecular weight is 476 g/mol. The van der Waals surface area contributed by atoms with Gasteiger partial charge in [-0.2, -0.15) is 11.8 Å². The van der Waals surface area contributed by atoms with Crippen molar-refractivity contribution in [1.82, 2.24) is 9.80 Å². The third-order valence-corrected chi connectivity index (χ3v) is 7.92. The van der Waals surface area contributed by atoms with Gasteiger partial charge < -0.3 is 10.6 Å². The van der Waals surface area contributed by atoms with E-state index in [4.69, 9.17) is 5.73 Å². The third kappa shape index (κ3) is 6.41. The minimum Gasteiger partial charge on any atom is -0.336 e. The number of thioether (sulfide) groups is 1. The predicted octanol–water partition coefficient (Wildman–Crippen LogP) is 5.42. The van der Waals surface area contributed by atoms with Crippen LogP contribution in [0, 0.1) is 0 Å². The van der Waals surface area contributed by atoms with Gasteiger partial charge in [0.1, 0.15) is 0 Å². The molecule has 2 atom stereocenters. The largest absolute Gasteiger partial charge is 0.336 e. The normalized spacial score (nSPS) is 17.7. The van der Waals surface area contributed by atoms with Gasteiger partial charge in [0.05, 0.1) is 0 Å². The Morgan fingerprint density at radius 1 is 1.03 bits per heavy atom. The Morgan fingerprint density at radius 3 is 2.62 bits per heavy atom. The molecule has 2 N–H and O–H groups in total. The highest BCUT2D eigenvalue weighted by molar-refractivity contribution is 7.98. The number of amides is 1. The van der Waals surface area contributed by atoms with Crippen LogP contribution in [0.1, 0.15) is 42.1 Å². The van der Waals surface area contributed by atoms with Crippen LogP contribution in [0.5, 0.6) is 0 Å². The molecule has 0 aromatic heterocycles. The van der Waals surface area contributed by atoms with Gasteiger partial charge in [-0.25, -0.2) is 0 Å². The predicted molar refractivity (Wildman–Crippen MR) is 145 cm³/mol. The summed E-state index contributed by atoms with van der Waals surface area (Å²) in [5.74, 6) is 2.10. The second kappa shape index (κ2) is 12.4. The molecule has 1 aliphatic rings. The fraction of sp³-hybridized carbons (Fsp3) is 0.414. The van der Waals surface area contributed by atoms with Crippen LogP contribution < -0.4 is 5.73 Å². The van der Waals surface area contributed by atoms with Gasteiger partial charge in [-0.3, -0.25) is 9.69 Å². The first-order valence-electron chi connectivity index (χ1n) is 12.5. The molecule has 0 bridgehead atoms. The highest BCUT2D eigenvalue weighted by atomic mass is 32.2. The van der Waals surface area contributed by atoms with E-state index in [1.54, 1.807) is 0 Å². The summed E-state index contributed by atoms with van der Waals surface area (Å²) in [5, 5.41) is 2.16. The lowest BCUT2D eigenvalue weighted by atomic mass is 10.0. The number of fused-ring (bicyclic) bond motifs is 1. The van der Waals surface area contributed by atoms with Crippen molar-refractivity contribution in [2.45, 2.75) is 44.0 Å². The van der Waals surface area contributed by atoms with Crippen molar-refractivity contribution in [2.75, 3.05) is 31.9 Å². The van der Waals surface area contributed by atoms with Crippen molar-refractivity contribution in [3.05, 3.63) is 83.9 Å². The molecule has 4 rings (SSSR count). The molecule has 0 aliphatic carbocycles. The molecule has 1 heterocycles. The summed E-state index contributed by atoms with van der Waals surface area (Å²) in [7, 11) is 0. The van der Waals surface area contributed by atoms with E-state index in [1.807, 2.05) is 36.0 Å². The minimum absolute atomic E-state index is 0.137. The van der Waals surface area contributed by atoms with Gasteiger partial charge in [-0.15, -0.1) is 0 Å². The van der Waals surface area contributed by atoms with Crippen molar-refractivity contribution in [1.29, 1.82) is 0 Å². The molecule has 1 fully saturated rings. The topological polar surface area (TPSA) is 49.6 Å². The quantitative estimate of drug-likeness (QED) is 0.426. The lowest BCUT2D eigenvalue weighted by Gasteiger charge is -2.42. The summed E-state index contributed by atoms with van der Waals surface area (Å²) in [6, 6.07) is 25.3. The van der Waals surface area contributed by atoms with Gasteiger partial charge in [0.15, 0.2) is 0 Å². The maximum atomic E-state index is 13.5. The van der Waals surface area contributed by atoms with Gasteiger partial charge in [-0.1, -0.05) is 86.5 Å². The van der Waals surface area contributed by atoms with Crippen LogP contribution in [-0.4, -0.2) is 59.7 Å². The number of nitrogens with two attached hydrogens (primary N) is 1. The van der Waals surface area contributed by atoms with E-state index >= 15 is 0 Å². The van der Waals surface area contributed by atoms with Crippen LogP contribution >= 0.6 is 11.8 Å². The molecule has 0 radical (unpaired) electrons. The maximum absolute atomic E-state index is 13.5. The second-order valence-corrected chi connectivity index (χ2v) is 10.4. The Morgan fingerprint density at radius 2 is 1.79 bits per heavy atom. The monoisotopic (exact) mass is 475 g/mol. The molecule has 3 aromatic rings. The Bertz CT molecular complexity index is 1050. The molecule has 34 heavy (non-hydrogen) atoms. The van der Waals surface area contributed by atoms with Crippen LogP contribution in [0.4, 0.5) is 0 Å².